The van der Waals surface area contributed by atoms with Crippen molar-refractivity contribution in [2.24, 2.45) is 5.92 Å². The Morgan fingerprint density at radius 1 is 1.41 bits per heavy atom. The van der Waals surface area contributed by atoms with E-state index >= 15 is 0 Å². The van der Waals surface area contributed by atoms with E-state index in [4.69, 9.17) is 0 Å². The first kappa shape index (κ1) is 19.0. The zero-order valence-electron chi connectivity index (χ0n) is 14.1. The van der Waals surface area contributed by atoms with Gasteiger partial charge in [-0.1, -0.05) is 27.7 Å². The zero-order valence-corrected chi connectivity index (χ0v) is 14.9. The first-order chi connectivity index (χ1) is 9.91. The monoisotopic (exact) mass is 328 g/mol. The minimum atomic E-state index is -0.00958. The number of likely N-dealkylation sites (tertiary alicyclic amines) is 1. The highest BCUT2D eigenvalue weighted by atomic mass is 35.5. The van der Waals surface area contributed by atoms with Crippen molar-refractivity contribution in [1.82, 2.24) is 20.4 Å². The summed E-state index contributed by atoms with van der Waals surface area (Å²) in [5.74, 6) is 0.752. The Morgan fingerprint density at radius 3 is 2.55 bits per heavy atom. The summed E-state index contributed by atoms with van der Waals surface area (Å²) in [5, 5.41) is 10.6. The number of halogens is 1. The van der Waals surface area contributed by atoms with Gasteiger partial charge in [-0.3, -0.25) is 9.89 Å². The lowest BCUT2D eigenvalue weighted by atomic mass is 9.92. The van der Waals surface area contributed by atoms with E-state index in [2.05, 4.69) is 43.2 Å². The van der Waals surface area contributed by atoms with Crippen LogP contribution >= 0.6 is 12.4 Å². The second-order valence-corrected chi connectivity index (χ2v) is 6.96. The van der Waals surface area contributed by atoms with Gasteiger partial charge < -0.3 is 10.2 Å². The fraction of sp³-hybridized carbons (Fsp3) is 0.750. The second kappa shape index (κ2) is 7.97. The second-order valence-electron chi connectivity index (χ2n) is 6.96. The van der Waals surface area contributed by atoms with E-state index in [0.29, 0.717) is 11.6 Å². The van der Waals surface area contributed by atoms with E-state index in [0.717, 1.165) is 44.7 Å². The van der Waals surface area contributed by atoms with Crippen molar-refractivity contribution in [2.75, 3.05) is 26.2 Å². The molecule has 0 spiro atoms. The Balaban J connectivity index is 0.00000242. The standard InChI is InChI=1S/C16H28N4O.ClH/c1-5-17-11-12-6-8-20(9-7-12)15(21)13-10-14(19-18-13)16(2,3)4;/h10,12,17H,5-9,11H2,1-4H3,(H,18,19);1H. The van der Waals surface area contributed by atoms with Crippen molar-refractivity contribution in [3.8, 4) is 0 Å². The summed E-state index contributed by atoms with van der Waals surface area (Å²) in [4.78, 5) is 14.4. The molecule has 0 radical (unpaired) electrons. The zero-order chi connectivity index (χ0) is 15.5. The van der Waals surface area contributed by atoms with Gasteiger partial charge in [-0.25, -0.2) is 0 Å². The van der Waals surface area contributed by atoms with Gasteiger partial charge in [0, 0.05) is 24.2 Å². The molecule has 5 nitrogen and oxygen atoms in total. The Bertz CT molecular complexity index is 473. The Kier molecular flexibility index (Phi) is 6.88. The predicted octanol–water partition coefficient (Wildman–Crippen LogP) is 2.59. The number of carbonyl (C=O) groups excluding carboxylic acids is 1. The maximum atomic E-state index is 12.5. The number of rotatable bonds is 4. The predicted molar refractivity (Wildman–Crippen MR) is 91.7 cm³/mol. The van der Waals surface area contributed by atoms with E-state index in [9.17, 15) is 4.79 Å². The highest BCUT2D eigenvalue weighted by Crippen LogP contribution is 2.22. The first-order valence-electron chi connectivity index (χ1n) is 7.97. The van der Waals surface area contributed by atoms with Gasteiger partial charge in [0.1, 0.15) is 5.69 Å². The Labute approximate surface area is 139 Å². The number of nitrogens with one attached hydrogen (secondary N) is 2. The third-order valence-electron chi connectivity index (χ3n) is 4.19. The smallest absolute Gasteiger partial charge is 0.274 e. The minimum absolute atomic E-state index is 0. The van der Waals surface area contributed by atoms with Crippen LogP contribution < -0.4 is 5.32 Å². The molecule has 0 bridgehead atoms. The van der Waals surface area contributed by atoms with Gasteiger partial charge in [0.15, 0.2) is 0 Å². The number of amides is 1. The number of hydrogen-bond acceptors (Lipinski definition) is 3. The fourth-order valence-electron chi connectivity index (χ4n) is 2.67. The summed E-state index contributed by atoms with van der Waals surface area (Å²) in [6, 6.07) is 1.90. The van der Waals surface area contributed by atoms with Gasteiger partial charge in [-0.2, -0.15) is 5.10 Å². The van der Waals surface area contributed by atoms with E-state index in [1.807, 2.05) is 11.0 Å². The van der Waals surface area contributed by atoms with Gasteiger partial charge in [-0.15, -0.1) is 12.4 Å². The van der Waals surface area contributed by atoms with Crippen molar-refractivity contribution < 1.29 is 4.79 Å². The molecule has 0 unspecified atom stereocenters. The van der Waals surface area contributed by atoms with Gasteiger partial charge >= 0.3 is 0 Å². The summed E-state index contributed by atoms with van der Waals surface area (Å²) >= 11 is 0. The molecule has 2 rings (SSSR count). The van der Waals surface area contributed by atoms with Crippen molar-refractivity contribution >= 4 is 18.3 Å². The number of hydrogen-bond donors (Lipinski definition) is 2. The molecule has 1 aliphatic rings. The summed E-state index contributed by atoms with van der Waals surface area (Å²) < 4.78 is 0. The van der Waals surface area contributed by atoms with Crippen LogP contribution in [0, 0.1) is 5.92 Å². The Morgan fingerprint density at radius 2 is 2.05 bits per heavy atom. The number of nitrogens with zero attached hydrogens (tertiary/aromatic N) is 2. The lowest BCUT2D eigenvalue weighted by Crippen LogP contribution is -2.40. The molecule has 22 heavy (non-hydrogen) atoms. The third-order valence-corrected chi connectivity index (χ3v) is 4.19. The fourth-order valence-corrected chi connectivity index (χ4v) is 2.67. The number of H-pyrrole nitrogens is 1. The van der Waals surface area contributed by atoms with Crippen LogP contribution in [0.2, 0.25) is 0 Å². The number of aromatic nitrogens is 2. The topological polar surface area (TPSA) is 61.0 Å². The largest absolute Gasteiger partial charge is 0.337 e. The maximum Gasteiger partial charge on any atom is 0.274 e. The SMILES string of the molecule is CCNCC1CCN(C(=O)c2cc(C(C)(C)C)[nH]n2)CC1.Cl. The third kappa shape index (κ3) is 4.71. The summed E-state index contributed by atoms with van der Waals surface area (Å²) in [6.07, 6.45) is 2.16. The molecule has 1 aliphatic heterocycles. The number of aromatic amines is 1. The molecule has 1 aromatic heterocycles. The molecule has 0 aliphatic carbocycles. The molecular formula is C16H29ClN4O. The van der Waals surface area contributed by atoms with Crippen molar-refractivity contribution in [3.05, 3.63) is 17.5 Å². The van der Waals surface area contributed by atoms with Crippen molar-refractivity contribution in [3.63, 3.8) is 0 Å². The summed E-state index contributed by atoms with van der Waals surface area (Å²) in [6.45, 7) is 12.2. The van der Waals surface area contributed by atoms with Crippen LogP contribution in [0.1, 0.15) is 56.7 Å². The van der Waals surface area contributed by atoms with Crippen LogP contribution in [0.15, 0.2) is 6.07 Å². The van der Waals surface area contributed by atoms with Crippen LogP contribution in [0.3, 0.4) is 0 Å². The van der Waals surface area contributed by atoms with Gasteiger partial charge in [0.25, 0.3) is 5.91 Å². The maximum absolute atomic E-state index is 12.5. The van der Waals surface area contributed by atoms with Crippen LogP contribution in [0.25, 0.3) is 0 Å². The molecule has 0 aromatic carbocycles. The van der Waals surface area contributed by atoms with Crippen molar-refractivity contribution in [1.29, 1.82) is 0 Å². The van der Waals surface area contributed by atoms with E-state index in [-0.39, 0.29) is 23.7 Å². The van der Waals surface area contributed by atoms with Gasteiger partial charge in [0.2, 0.25) is 0 Å². The van der Waals surface area contributed by atoms with Crippen LogP contribution in [0.4, 0.5) is 0 Å². The molecule has 126 valence electrons. The highest BCUT2D eigenvalue weighted by Gasteiger charge is 2.26. The number of piperidine rings is 1. The van der Waals surface area contributed by atoms with Crippen LogP contribution in [-0.2, 0) is 5.41 Å². The van der Waals surface area contributed by atoms with Gasteiger partial charge in [-0.05, 0) is 37.9 Å². The molecule has 1 aromatic rings. The molecule has 2 N–H and O–H groups in total. The molecule has 1 amide bonds. The molecule has 0 atom stereocenters. The lowest BCUT2D eigenvalue weighted by molar-refractivity contribution is 0.0684. The summed E-state index contributed by atoms with van der Waals surface area (Å²) in [5.41, 5.74) is 1.54. The molecular weight excluding hydrogens is 300 g/mol. The molecule has 2 heterocycles. The van der Waals surface area contributed by atoms with E-state index in [1.54, 1.807) is 0 Å². The van der Waals surface area contributed by atoms with Gasteiger partial charge in [0.05, 0.1) is 0 Å². The average molecular weight is 329 g/mol. The molecule has 6 heteroatoms. The summed E-state index contributed by atoms with van der Waals surface area (Å²) in [7, 11) is 0. The van der Waals surface area contributed by atoms with E-state index < -0.39 is 0 Å². The lowest BCUT2D eigenvalue weighted by Gasteiger charge is -2.31. The first-order valence-corrected chi connectivity index (χ1v) is 7.97. The Hall–Kier alpha value is -1.07. The quantitative estimate of drug-likeness (QED) is 0.893. The van der Waals surface area contributed by atoms with Crippen LogP contribution in [-0.4, -0.2) is 47.2 Å². The van der Waals surface area contributed by atoms with Crippen LogP contribution in [0.5, 0.6) is 0 Å². The molecule has 0 saturated carbocycles. The highest BCUT2D eigenvalue weighted by molar-refractivity contribution is 5.92. The normalized spacial score (nSPS) is 16.5. The molecule has 1 fully saturated rings. The minimum Gasteiger partial charge on any atom is -0.337 e. The van der Waals surface area contributed by atoms with E-state index in [1.165, 1.54) is 0 Å². The average Bonchev–Trinajstić information content (AvgIpc) is 2.95. The number of carbonyl (C=O) groups is 1. The molecule has 1 saturated heterocycles. The van der Waals surface area contributed by atoms with Crippen molar-refractivity contribution in [2.45, 2.75) is 46.0 Å².